The van der Waals surface area contributed by atoms with Crippen molar-refractivity contribution in [1.29, 1.82) is 0 Å². The molecule has 1 fully saturated rings. The van der Waals surface area contributed by atoms with E-state index in [-0.39, 0.29) is 5.91 Å². The zero-order valence-corrected chi connectivity index (χ0v) is 14.9. The molecule has 4 nitrogen and oxygen atoms in total. The van der Waals surface area contributed by atoms with Crippen molar-refractivity contribution in [3.8, 4) is 11.3 Å². The fraction of sp³-hybridized carbons (Fsp3) is 0.476. The van der Waals surface area contributed by atoms with Gasteiger partial charge in [0.1, 0.15) is 5.76 Å². The van der Waals surface area contributed by atoms with Crippen LogP contribution in [0.5, 0.6) is 0 Å². The van der Waals surface area contributed by atoms with Crippen LogP contribution in [0.1, 0.15) is 48.9 Å². The molecule has 1 saturated heterocycles. The molecule has 0 aliphatic carbocycles. The summed E-state index contributed by atoms with van der Waals surface area (Å²) in [5.41, 5.74) is 1.68. The van der Waals surface area contributed by atoms with E-state index in [1.165, 1.54) is 38.8 Å². The third-order valence-electron chi connectivity index (χ3n) is 4.84. The Hall–Kier alpha value is -2.07. The van der Waals surface area contributed by atoms with Crippen molar-refractivity contribution < 1.29 is 9.21 Å². The molecule has 1 N–H and O–H groups in total. The molecule has 0 spiro atoms. The first kappa shape index (κ1) is 17.7. The van der Waals surface area contributed by atoms with E-state index >= 15 is 0 Å². The van der Waals surface area contributed by atoms with Gasteiger partial charge in [-0.05, 0) is 69.6 Å². The van der Waals surface area contributed by atoms with E-state index in [0.29, 0.717) is 5.56 Å². The summed E-state index contributed by atoms with van der Waals surface area (Å²) in [6.07, 6.45) is 9.28. The fourth-order valence-electron chi connectivity index (χ4n) is 3.35. The van der Waals surface area contributed by atoms with Crippen molar-refractivity contribution in [1.82, 2.24) is 10.2 Å². The molecule has 0 bridgehead atoms. The lowest BCUT2D eigenvalue weighted by atomic mass is 10.1. The molecule has 1 amide bonds. The summed E-state index contributed by atoms with van der Waals surface area (Å²) in [6, 6.07) is 11.3. The topological polar surface area (TPSA) is 45.5 Å². The van der Waals surface area contributed by atoms with Crippen molar-refractivity contribution in [3.63, 3.8) is 0 Å². The van der Waals surface area contributed by atoms with Gasteiger partial charge in [0.05, 0.1) is 6.26 Å². The summed E-state index contributed by atoms with van der Waals surface area (Å²) in [5, 5.41) is 3.02. The summed E-state index contributed by atoms with van der Waals surface area (Å²) < 4.78 is 5.36. The van der Waals surface area contributed by atoms with Gasteiger partial charge in [-0.15, -0.1) is 0 Å². The molecule has 25 heavy (non-hydrogen) atoms. The molecular weight excluding hydrogens is 312 g/mol. The standard InChI is InChI=1S/C21H28N2O2/c24-21(19-11-9-18(10-12-19)20-8-7-17-25-20)22-13-3-6-16-23-14-4-1-2-5-15-23/h7-12,17H,1-6,13-16H2,(H,22,24). The van der Waals surface area contributed by atoms with Crippen LogP contribution >= 0.6 is 0 Å². The lowest BCUT2D eigenvalue weighted by molar-refractivity contribution is 0.0952. The van der Waals surface area contributed by atoms with Crippen LogP contribution in [-0.2, 0) is 0 Å². The Balaban J connectivity index is 1.36. The Bertz CT molecular complexity index is 626. The van der Waals surface area contributed by atoms with Gasteiger partial charge in [0.2, 0.25) is 0 Å². The molecule has 1 aromatic carbocycles. The van der Waals surface area contributed by atoms with Gasteiger partial charge in [0.25, 0.3) is 5.91 Å². The highest BCUT2D eigenvalue weighted by molar-refractivity contribution is 5.94. The number of amides is 1. The maximum Gasteiger partial charge on any atom is 0.251 e. The highest BCUT2D eigenvalue weighted by Crippen LogP contribution is 2.20. The van der Waals surface area contributed by atoms with Crippen LogP contribution in [0.2, 0.25) is 0 Å². The van der Waals surface area contributed by atoms with Gasteiger partial charge in [0, 0.05) is 17.7 Å². The van der Waals surface area contributed by atoms with E-state index in [1.54, 1.807) is 6.26 Å². The summed E-state index contributed by atoms with van der Waals surface area (Å²) in [4.78, 5) is 14.8. The first-order chi connectivity index (χ1) is 12.3. The number of unbranched alkanes of at least 4 members (excludes halogenated alkanes) is 1. The van der Waals surface area contributed by atoms with Gasteiger partial charge < -0.3 is 14.6 Å². The van der Waals surface area contributed by atoms with E-state index in [9.17, 15) is 4.79 Å². The summed E-state index contributed by atoms with van der Waals surface area (Å²) >= 11 is 0. The molecule has 2 aromatic rings. The Labute approximate surface area is 150 Å². The van der Waals surface area contributed by atoms with Gasteiger partial charge in [-0.25, -0.2) is 0 Å². The van der Waals surface area contributed by atoms with E-state index in [2.05, 4.69) is 10.2 Å². The normalized spacial score (nSPS) is 15.7. The molecule has 0 unspecified atom stereocenters. The van der Waals surface area contributed by atoms with E-state index in [0.717, 1.165) is 37.3 Å². The number of carbonyl (C=O) groups excluding carboxylic acids is 1. The van der Waals surface area contributed by atoms with Gasteiger partial charge in [-0.3, -0.25) is 4.79 Å². The zero-order chi connectivity index (χ0) is 17.3. The predicted molar refractivity (Wildman–Crippen MR) is 101 cm³/mol. The number of hydrogen-bond donors (Lipinski definition) is 1. The second kappa shape index (κ2) is 9.42. The molecule has 0 atom stereocenters. The van der Waals surface area contributed by atoms with Crippen LogP contribution in [-0.4, -0.2) is 37.0 Å². The molecule has 2 heterocycles. The first-order valence-corrected chi connectivity index (χ1v) is 9.47. The van der Waals surface area contributed by atoms with E-state index in [4.69, 9.17) is 4.42 Å². The summed E-state index contributed by atoms with van der Waals surface area (Å²) in [5.74, 6) is 0.821. The molecule has 0 radical (unpaired) electrons. The summed E-state index contributed by atoms with van der Waals surface area (Å²) in [6.45, 7) is 4.39. The quantitative estimate of drug-likeness (QED) is 0.763. The van der Waals surface area contributed by atoms with E-state index in [1.807, 2.05) is 36.4 Å². The smallest absolute Gasteiger partial charge is 0.251 e. The molecule has 1 aliphatic heterocycles. The maximum atomic E-state index is 12.2. The molecule has 3 rings (SSSR count). The van der Waals surface area contributed by atoms with Crippen molar-refractivity contribution in [2.45, 2.75) is 38.5 Å². The number of benzene rings is 1. The monoisotopic (exact) mass is 340 g/mol. The SMILES string of the molecule is O=C(NCCCCN1CCCCCC1)c1ccc(-c2ccco2)cc1. The Morgan fingerprint density at radius 3 is 2.44 bits per heavy atom. The Morgan fingerprint density at radius 2 is 1.76 bits per heavy atom. The average Bonchev–Trinajstić information content (AvgIpc) is 3.06. The third kappa shape index (κ3) is 5.46. The zero-order valence-electron chi connectivity index (χ0n) is 14.9. The van der Waals surface area contributed by atoms with Crippen LogP contribution in [0.4, 0.5) is 0 Å². The maximum absolute atomic E-state index is 12.2. The molecular formula is C21H28N2O2. The number of nitrogens with zero attached hydrogens (tertiary/aromatic N) is 1. The minimum atomic E-state index is 0.000711. The van der Waals surface area contributed by atoms with E-state index < -0.39 is 0 Å². The van der Waals surface area contributed by atoms with Crippen LogP contribution < -0.4 is 5.32 Å². The second-order valence-electron chi connectivity index (χ2n) is 6.77. The Kier molecular flexibility index (Phi) is 6.69. The molecule has 134 valence electrons. The second-order valence-corrected chi connectivity index (χ2v) is 6.77. The molecule has 1 aromatic heterocycles. The number of rotatable bonds is 7. The average molecular weight is 340 g/mol. The minimum Gasteiger partial charge on any atom is -0.464 e. The molecule has 0 saturated carbocycles. The third-order valence-corrected chi connectivity index (χ3v) is 4.84. The highest BCUT2D eigenvalue weighted by atomic mass is 16.3. The van der Waals surface area contributed by atoms with Crippen LogP contribution in [0.25, 0.3) is 11.3 Å². The number of nitrogens with one attached hydrogen (secondary N) is 1. The molecule has 1 aliphatic rings. The fourth-order valence-corrected chi connectivity index (χ4v) is 3.35. The van der Waals surface area contributed by atoms with Crippen molar-refractivity contribution >= 4 is 5.91 Å². The lowest BCUT2D eigenvalue weighted by Crippen LogP contribution is -2.28. The summed E-state index contributed by atoms with van der Waals surface area (Å²) in [7, 11) is 0. The highest BCUT2D eigenvalue weighted by Gasteiger charge is 2.09. The van der Waals surface area contributed by atoms with Gasteiger partial charge >= 0.3 is 0 Å². The van der Waals surface area contributed by atoms with Crippen LogP contribution in [0.15, 0.2) is 47.1 Å². The molecule has 4 heteroatoms. The van der Waals surface area contributed by atoms with Gasteiger partial charge in [-0.1, -0.05) is 25.0 Å². The predicted octanol–water partition coefficient (Wildman–Crippen LogP) is 4.33. The largest absolute Gasteiger partial charge is 0.464 e. The minimum absolute atomic E-state index is 0.000711. The Morgan fingerprint density at radius 1 is 1.00 bits per heavy atom. The van der Waals surface area contributed by atoms with Crippen LogP contribution in [0, 0.1) is 0 Å². The number of carbonyl (C=O) groups is 1. The lowest BCUT2D eigenvalue weighted by Gasteiger charge is -2.19. The van der Waals surface area contributed by atoms with Crippen molar-refractivity contribution in [3.05, 3.63) is 48.2 Å². The number of furan rings is 1. The van der Waals surface area contributed by atoms with Gasteiger partial charge in [0.15, 0.2) is 0 Å². The first-order valence-electron chi connectivity index (χ1n) is 9.47. The number of hydrogen-bond acceptors (Lipinski definition) is 3. The van der Waals surface area contributed by atoms with Crippen molar-refractivity contribution in [2.24, 2.45) is 0 Å². The van der Waals surface area contributed by atoms with Crippen LogP contribution in [0.3, 0.4) is 0 Å². The van der Waals surface area contributed by atoms with Crippen molar-refractivity contribution in [2.75, 3.05) is 26.2 Å². The van der Waals surface area contributed by atoms with Gasteiger partial charge in [-0.2, -0.15) is 0 Å². The number of likely N-dealkylation sites (tertiary alicyclic amines) is 1.